The highest BCUT2D eigenvalue weighted by Crippen LogP contribution is 2.11. The van der Waals surface area contributed by atoms with E-state index in [4.69, 9.17) is 17.0 Å². The number of nitrogens with one attached hydrogen (secondary N) is 2. The highest BCUT2D eigenvalue weighted by atomic mass is 32.1. The summed E-state index contributed by atoms with van der Waals surface area (Å²) in [6.45, 7) is 3.68. The molecule has 3 nitrogen and oxygen atoms in total. The number of methoxy groups -OCH3 is 1. The third kappa shape index (κ3) is 5.04. The first-order valence-electron chi connectivity index (χ1n) is 7.38. The molecule has 0 spiro atoms. The van der Waals surface area contributed by atoms with Gasteiger partial charge in [0.05, 0.1) is 7.11 Å². The number of hydrogen-bond donors (Lipinski definition) is 2. The van der Waals surface area contributed by atoms with Gasteiger partial charge in [-0.3, -0.25) is 0 Å². The monoisotopic (exact) mass is 314 g/mol. The van der Waals surface area contributed by atoms with Crippen molar-refractivity contribution in [3.63, 3.8) is 0 Å². The van der Waals surface area contributed by atoms with Crippen LogP contribution in [0.4, 0.5) is 0 Å². The Kier molecular flexibility index (Phi) is 6.22. The van der Waals surface area contributed by atoms with E-state index < -0.39 is 0 Å². The lowest BCUT2D eigenvalue weighted by Crippen LogP contribution is -2.35. The maximum atomic E-state index is 5.30. The van der Waals surface area contributed by atoms with Crippen LogP contribution in [0.15, 0.2) is 48.5 Å². The quantitative estimate of drug-likeness (QED) is 0.802. The molecule has 0 aromatic heterocycles. The molecule has 4 heteroatoms. The Labute approximate surface area is 137 Å². The van der Waals surface area contributed by atoms with Gasteiger partial charge in [-0.1, -0.05) is 36.4 Å². The molecule has 2 N–H and O–H groups in total. The maximum absolute atomic E-state index is 5.30. The lowest BCUT2D eigenvalue weighted by molar-refractivity contribution is 0.414. The van der Waals surface area contributed by atoms with Gasteiger partial charge in [-0.15, -0.1) is 0 Å². The molecule has 0 bridgehead atoms. The van der Waals surface area contributed by atoms with E-state index in [1.807, 2.05) is 24.3 Å². The summed E-state index contributed by atoms with van der Waals surface area (Å²) in [7, 11) is 1.67. The number of rotatable bonds is 6. The van der Waals surface area contributed by atoms with Crippen LogP contribution in [0.3, 0.4) is 0 Å². The van der Waals surface area contributed by atoms with Gasteiger partial charge in [0.15, 0.2) is 5.11 Å². The van der Waals surface area contributed by atoms with Crippen LogP contribution in [0.25, 0.3) is 0 Å². The highest BCUT2D eigenvalue weighted by molar-refractivity contribution is 7.80. The standard InChI is InChI=1S/C18H22N2OS/c1-14-5-3-4-6-16(14)11-12-19-18(22)20-13-15-7-9-17(21-2)10-8-15/h3-10H,11-13H2,1-2H3,(H2,19,20,22). The van der Waals surface area contributed by atoms with Gasteiger partial charge in [0.25, 0.3) is 0 Å². The number of hydrogen-bond acceptors (Lipinski definition) is 2. The van der Waals surface area contributed by atoms with E-state index in [1.165, 1.54) is 16.7 Å². The van der Waals surface area contributed by atoms with Crippen LogP contribution < -0.4 is 15.4 Å². The van der Waals surface area contributed by atoms with Crippen LogP contribution in [-0.4, -0.2) is 18.8 Å². The van der Waals surface area contributed by atoms with E-state index in [-0.39, 0.29) is 0 Å². The average molecular weight is 314 g/mol. The minimum atomic E-state index is 0.685. The largest absolute Gasteiger partial charge is 0.497 e. The summed E-state index contributed by atoms with van der Waals surface area (Å²) in [6.07, 6.45) is 0.969. The van der Waals surface area contributed by atoms with E-state index in [1.54, 1.807) is 7.11 Å². The van der Waals surface area contributed by atoms with Crippen molar-refractivity contribution in [2.24, 2.45) is 0 Å². The maximum Gasteiger partial charge on any atom is 0.166 e. The molecule has 2 aromatic rings. The Morgan fingerprint density at radius 3 is 2.45 bits per heavy atom. The molecular formula is C18H22N2OS. The zero-order valence-corrected chi connectivity index (χ0v) is 13.9. The summed E-state index contributed by atoms with van der Waals surface area (Å²) < 4.78 is 5.14. The zero-order valence-electron chi connectivity index (χ0n) is 13.1. The van der Waals surface area contributed by atoms with Gasteiger partial charge < -0.3 is 15.4 Å². The van der Waals surface area contributed by atoms with Crippen molar-refractivity contribution in [3.05, 3.63) is 65.2 Å². The van der Waals surface area contributed by atoms with Crippen LogP contribution in [0.2, 0.25) is 0 Å². The van der Waals surface area contributed by atoms with Gasteiger partial charge in [0.2, 0.25) is 0 Å². The summed E-state index contributed by atoms with van der Waals surface area (Å²) in [5, 5.41) is 7.15. The molecule has 22 heavy (non-hydrogen) atoms. The van der Waals surface area contributed by atoms with Crippen molar-refractivity contribution in [1.29, 1.82) is 0 Å². The van der Waals surface area contributed by atoms with Crippen molar-refractivity contribution in [3.8, 4) is 5.75 Å². The number of thiocarbonyl (C=S) groups is 1. The molecule has 2 aromatic carbocycles. The van der Waals surface area contributed by atoms with E-state index in [2.05, 4.69) is 41.8 Å². The van der Waals surface area contributed by atoms with Crippen LogP contribution in [-0.2, 0) is 13.0 Å². The summed E-state index contributed by atoms with van der Waals surface area (Å²) in [5.74, 6) is 0.864. The Balaban J connectivity index is 1.70. The second kappa shape index (κ2) is 8.39. The molecule has 0 heterocycles. The minimum absolute atomic E-state index is 0.685. The second-order valence-corrected chi connectivity index (χ2v) is 5.54. The van der Waals surface area contributed by atoms with Gasteiger partial charge in [0, 0.05) is 13.1 Å². The molecule has 0 aliphatic carbocycles. The summed E-state index contributed by atoms with van der Waals surface area (Å²) >= 11 is 5.30. The molecule has 0 atom stereocenters. The fraction of sp³-hybridized carbons (Fsp3) is 0.278. The summed E-state index contributed by atoms with van der Waals surface area (Å²) in [5.41, 5.74) is 3.85. The van der Waals surface area contributed by atoms with Crippen molar-refractivity contribution < 1.29 is 4.74 Å². The van der Waals surface area contributed by atoms with Gasteiger partial charge in [0.1, 0.15) is 5.75 Å². The van der Waals surface area contributed by atoms with E-state index in [9.17, 15) is 0 Å². The number of aryl methyl sites for hydroxylation is 1. The van der Waals surface area contributed by atoms with Crippen molar-refractivity contribution in [2.75, 3.05) is 13.7 Å². The van der Waals surface area contributed by atoms with E-state index in [0.29, 0.717) is 11.7 Å². The fourth-order valence-electron chi connectivity index (χ4n) is 2.19. The molecule has 116 valence electrons. The first-order valence-corrected chi connectivity index (χ1v) is 7.79. The Morgan fingerprint density at radius 1 is 1.05 bits per heavy atom. The molecule has 2 rings (SSSR count). The van der Waals surface area contributed by atoms with Gasteiger partial charge in [-0.05, 0) is 54.4 Å². The van der Waals surface area contributed by atoms with Crippen LogP contribution in [0, 0.1) is 6.92 Å². The molecular weight excluding hydrogens is 292 g/mol. The number of ether oxygens (including phenoxy) is 1. The van der Waals surface area contributed by atoms with Gasteiger partial charge >= 0.3 is 0 Å². The molecule has 0 radical (unpaired) electrons. The summed E-state index contributed by atoms with van der Waals surface area (Å²) in [4.78, 5) is 0. The van der Waals surface area contributed by atoms with Gasteiger partial charge in [-0.25, -0.2) is 0 Å². The van der Waals surface area contributed by atoms with E-state index >= 15 is 0 Å². The minimum Gasteiger partial charge on any atom is -0.497 e. The predicted octanol–water partition coefficient (Wildman–Crippen LogP) is 3.21. The van der Waals surface area contributed by atoms with Crippen molar-refractivity contribution in [2.45, 2.75) is 19.9 Å². The first kappa shape index (κ1) is 16.3. The Morgan fingerprint density at radius 2 is 1.77 bits per heavy atom. The Hall–Kier alpha value is -2.07. The molecule has 0 amide bonds. The van der Waals surface area contributed by atoms with Crippen molar-refractivity contribution >= 4 is 17.3 Å². The fourth-order valence-corrected chi connectivity index (χ4v) is 2.36. The highest BCUT2D eigenvalue weighted by Gasteiger charge is 1.99. The normalized spacial score (nSPS) is 10.1. The van der Waals surface area contributed by atoms with Crippen LogP contribution in [0.5, 0.6) is 5.75 Å². The molecule has 0 saturated heterocycles. The molecule has 0 aliphatic heterocycles. The third-order valence-corrected chi connectivity index (χ3v) is 3.84. The van der Waals surface area contributed by atoms with Gasteiger partial charge in [-0.2, -0.15) is 0 Å². The SMILES string of the molecule is COc1ccc(CNC(=S)NCCc2ccccc2C)cc1. The lowest BCUT2D eigenvalue weighted by Gasteiger charge is -2.11. The first-order chi connectivity index (χ1) is 10.7. The molecule has 0 fully saturated rings. The zero-order chi connectivity index (χ0) is 15.8. The van der Waals surface area contributed by atoms with Crippen LogP contribution >= 0.6 is 12.2 Å². The molecule has 0 aliphatic rings. The topological polar surface area (TPSA) is 33.3 Å². The third-order valence-electron chi connectivity index (χ3n) is 3.55. The van der Waals surface area contributed by atoms with E-state index in [0.717, 1.165) is 18.7 Å². The average Bonchev–Trinajstić information content (AvgIpc) is 2.55. The van der Waals surface area contributed by atoms with Crippen molar-refractivity contribution in [1.82, 2.24) is 10.6 Å². The summed E-state index contributed by atoms with van der Waals surface area (Å²) in [6, 6.07) is 16.4. The Bertz CT molecular complexity index is 611. The lowest BCUT2D eigenvalue weighted by atomic mass is 10.1. The van der Waals surface area contributed by atoms with Crippen LogP contribution in [0.1, 0.15) is 16.7 Å². The molecule has 0 unspecified atom stereocenters. The smallest absolute Gasteiger partial charge is 0.166 e. The number of benzene rings is 2. The molecule has 0 saturated carbocycles. The second-order valence-electron chi connectivity index (χ2n) is 5.13. The predicted molar refractivity (Wildman–Crippen MR) is 95.3 cm³/mol.